The van der Waals surface area contributed by atoms with E-state index in [1.54, 1.807) is 0 Å². The van der Waals surface area contributed by atoms with E-state index < -0.39 is 0 Å². The molecule has 1 amide bonds. The van der Waals surface area contributed by atoms with E-state index in [1.807, 2.05) is 35.2 Å². The van der Waals surface area contributed by atoms with Crippen molar-refractivity contribution in [1.82, 2.24) is 9.80 Å². The molecule has 4 nitrogen and oxygen atoms in total. The Labute approximate surface area is 113 Å². The molecule has 4 heteroatoms. The van der Waals surface area contributed by atoms with E-state index in [1.165, 1.54) is 0 Å². The molecule has 1 aromatic carbocycles. The van der Waals surface area contributed by atoms with E-state index in [4.69, 9.17) is 4.74 Å². The molecule has 0 aromatic heterocycles. The zero-order valence-electron chi connectivity index (χ0n) is 11.5. The lowest BCUT2D eigenvalue weighted by molar-refractivity contribution is -0.0576. The molecule has 3 aliphatic rings. The van der Waals surface area contributed by atoms with Crippen molar-refractivity contribution in [1.29, 1.82) is 0 Å². The number of para-hydroxylation sites is 1. The van der Waals surface area contributed by atoms with Crippen LogP contribution in [0, 0.1) is 0 Å². The van der Waals surface area contributed by atoms with Crippen molar-refractivity contribution in [2.24, 2.45) is 0 Å². The molecule has 0 saturated carbocycles. The summed E-state index contributed by atoms with van der Waals surface area (Å²) in [5.41, 5.74) is 0. The first-order chi connectivity index (χ1) is 9.15. The Kier molecular flexibility index (Phi) is 3.19. The minimum atomic E-state index is -0.198. The van der Waals surface area contributed by atoms with Gasteiger partial charge in [0.1, 0.15) is 5.75 Å². The monoisotopic (exact) mass is 260 g/mol. The van der Waals surface area contributed by atoms with Gasteiger partial charge in [0.05, 0.1) is 12.1 Å². The van der Waals surface area contributed by atoms with Crippen LogP contribution < -0.4 is 4.74 Å². The van der Waals surface area contributed by atoms with Crippen LogP contribution in [0.5, 0.6) is 5.75 Å². The predicted molar refractivity (Wildman–Crippen MR) is 73.2 cm³/mol. The summed E-state index contributed by atoms with van der Waals surface area (Å²) < 4.78 is 5.42. The van der Waals surface area contributed by atoms with Crippen LogP contribution in [0.25, 0.3) is 0 Å². The lowest BCUT2D eigenvalue weighted by atomic mass is 9.87. The highest BCUT2D eigenvalue weighted by Crippen LogP contribution is 2.33. The molecule has 2 bridgehead atoms. The molecule has 0 aliphatic carbocycles. The van der Waals surface area contributed by atoms with E-state index in [2.05, 4.69) is 18.7 Å². The Hall–Kier alpha value is -1.55. The quantitative estimate of drug-likeness (QED) is 0.818. The summed E-state index contributed by atoms with van der Waals surface area (Å²) in [6, 6.07) is 10.5. The van der Waals surface area contributed by atoms with Crippen molar-refractivity contribution in [2.75, 3.05) is 13.1 Å². The van der Waals surface area contributed by atoms with Crippen molar-refractivity contribution in [3.63, 3.8) is 0 Å². The van der Waals surface area contributed by atoms with Crippen LogP contribution in [-0.2, 0) is 0 Å². The van der Waals surface area contributed by atoms with Gasteiger partial charge in [0.2, 0.25) is 0 Å². The first kappa shape index (κ1) is 12.5. The Morgan fingerprint density at radius 2 is 1.84 bits per heavy atom. The summed E-state index contributed by atoms with van der Waals surface area (Å²) in [5.74, 6) is 0.623. The molecule has 3 aliphatic heterocycles. The third-order valence-corrected chi connectivity index (χ3v) is 4.11. The van der Waals surface area contributed by atoms with Gasteiger partial charge in [-0.25, -0.2) is 4.79 Å². The van der Waals surface area contributed by atoms with Crippen molar-refractivity contribution < 1.29 is 9.53 Å². The molecule has 2 atom stereocenters. The highest BCUT2D eigenvalue weighted by Gasteiger charge is 2.48. The second kappa shape index (κ2) is 4.85. The standard InChI is InChI=1S/C15H20N2O2/c1-11(2)16-9-12-8-13(10-16)17(12)15(18)19-14-6-4-3-5-7-14/h3-7,11-13H,8-10H2,1-2H3. The topological polar surface area (TPSA) is 32.8 Å². The second-order valence-corrected chi connectivity index (χ2v) is 5.68. The van der Waals surface area contributed by atoms with Gasteiger partial charge in [-0.1, -0.05) is 18.2 Å². The number of piperidine rings is 1. The van der Waals surface area contributed by atoms with Crippen LogP contribution in [0.4, 0.5) is 4.79 Å². The Morgan fingerprint density at radius 1 is 1.21 bits per heavy atom. The van der Waals surface area contributed by atoms with Crippen molar-refractivity contribution >= 4 is 6.09 Å². The van der Waals surface area contributed by atoms with E-state index in [0.717, 1.165) is 19.5 Å². The number of benzene rings is 1. The van der Waals surface area contributed by atoms with E-state index in [-0.39, 0.29) is 6.09 Å². The number of carbonyl (C=O) groups is 1. The van der Waals surface area contributed by atoms with Crippen molar-refractivity contribution in [3.8, 4) is 5.75 Å². The highest BCUT2D eigenvalue weighted by atomic mass is 16.6. The maximum atomic E-state index is 12.2. The van der Waals surface area contributed by atoms with Crippen molar-refractivity contribution in [2.45, 2.75) is 38.4 Å². The zero-order chi connectivity index (χ0) is 13.4. The lowest BCUT2D eigenvalue weighted by Crippen LogP contribution is -2.71. The van der Waals surface area contributed by atoms with Crippen LogP contribution in [0.2, 0.25) is 0 Å². The number of hydrogen-bond donors (Lipinski definition) is 0. The first-order valence-corrected chi connectivity index (χ1v) is 6.94. The van der Waals surface area contributed by atoms with Gasteiger partial charge in [0.15, 0.2) is 0 Å². The third kappa shape index (κ3) is 2.32. The fraction of sp³-hybridized carbons (Fsp3) is 0.533. The van der Waals surface area contributed by atoms with E-state index >= 15 is 0 Å². The van der Waals surface area contributed by atoms with Crippen LogP contribution in [0.3, 0.4) is 0 Å². The number of fused-ring (bicyclic) bond motifs is 2. The SMILES string of the molecule is CC(C)N1CC2CC(C1)N2C(=O)Oc1ccccc1. The molecule has 0 N–H and O–H groups in total. The number of ether oxygens (including phenoxy) is 1. The number of amides is 1. The summed E-state index contributed by atoms with van der Waals surface area (Å²) in [5, 5.41) is 0. The van der Waals surface area contributed by atoms with Gasteiger partial charge in [0, 0.05) is 19.1 Å². The molecule has 3 heterocycles. The molecular weight excluding hydrogens is 240 g/mol. The average Bonchev–Trinajstić information content (AvgIpc) is 2.39. The molecule has 4 rings (SSSR count). The molecule has 0 radical (unpaired) electrons. The number of hydrogen-bond acceptors (Lipinski definition) is 3. The summed E-state index contributed by atoms with van der Waals surface area (Å²) in [7, 11) is 0. The fourth-order valence-electron chi connectivity index (χ4n) is 3.00. The Bertz CT molecular complexity index is 448. The highest BCUT2D eigenvalue weighted by molar-refractivity contribution is 5.72. The molecule has 3 saturated heterocycles. The van der Waals surface area contributed by atoms with Crippen LogP contribution >= 0.6 is 0 Å². The summed E-state index contributed by atoms with van der Waals surface area (Å²) >= 11 is 0. The van der Waals surface area contributed by atoms with Gasteiger partial charge in [-0.2, -0.15) is 0 Å². The third-order valence-electron chi connectivity index (χ3n) is 4.11. The number of rotatable bonds is 2. The Morgan fingerprint density at radius 3 is 2.42 bits per heavy atom. The van der Waals surface area contributed by atoms with Gasteiger partial charge < -0.3 is 4.74 Å². The summed E-state index contributed by atoms with van der Waals surface area (Å²) in [4.78, 5) is 16.5. The number of nitrogens with zero attached hydrogens (tertiary/aromatic N) is 2. The molecule has 102 valence electrons. The lowest BCUT2D eigenvalue weighted by Gasteiger charge is -2.56. The number of piperazine rings is 1. The van der Waals surface area contributed by atoms with Crippen molar-refractivity contribution in [3.05, 3.63) is 30.3 Å². The summed E-state index contributed by atoms with van der Waals surface area (Å²) in [6.45, 7) is 6.35. The molecular formula is C15H20N2O2. The number of carbonyl (C=O) groups excluding carboxylic acids is 1. The predicted octanol–water partition coefficient (Wildman–Crippen LogP) is 2.35. The van der Waals surface area contributed by atoms with Gasteiger partial charge in [0.25, 0.3) is 0 Å². The summed E-state index contributed by atoms with van der Waals surface area (Å²) in [6.07, 6.45) is 0.920. The molecule has 1 aromatic rings. The average molecular weight is 260 g/mol. The van der Waals surface area contributed by atoms with Gasteiger partial charge in [-0.05, 0) is 32.4 Å². The fourth-order valence-corrected chi connectivity index (χ4v) is 3.00. The van der Waals surface area contributed by atoms with Crippen LogP contribution in [0.15, 0.2) is 30.3 Å². The second-order valence-electron chi connectivity index (χ2n) is 5.68. The van der Waals surface area contributed by atoms with Gasteiger partial charge >= 0.3 is 6.09 Å². The Balaban J connectivity index is 1.61. The molecule has 19 heavy (non-hydrogen) atoms. The normalized spacial score (nSPS) is 26.2. The van der Waals surface area contributed by atoms with Crippen LogP contribution in [-0.4, -0.2) is 47.1 Å². The minimum Gasteiger partial charge on any atom is -0.410 e. The smallest absolute Gasteiger partial charge is 0.410 e. The van der Waals surface area contributed by atoms with Gasteiger partial charge in [-0.15, -0.1) is 0 Å². The van der Waals surface area contributed by atoms with Gasteiger partial charge in [-0.3, -0.25) is 9.80 Å². The first-order valence-electron chi connectivity index (χ1n) is 6.94. The maximum absolute atomic E-state index is 12.2. The van der Waals surface area contributed by atoms with Crippen LogP contribution in [0.1, 0.15) is 20.3 Å². The zero-order valence-corrected chi connectivity index (χ0v) is 11.5. The molecule has 0 spiro atoms. The molecule has 3 fully saturated rings. The largest absolute Gasteiger partial charge is 0.415 e. The van der Waals surface area contributed by atoms with E-state index in [0.29, 0.717) is 23.9 Å². The van der Waals surface area contributed by atoms with E-state index in [9.17, 15) is 4.79 Å². The maximum Gasteiger partial charge on any atom is 0.415 e. The molecule has 2 unspecified atom stereocenters. The minimum absolute atomic E-state index is 0.198.